The Morgan fingerprint density at radius 3 is 1.50 bits per heavy atom. The van der Waals surface area contributed by atoms with E-state index in [9.17, 15) is 0 Å². The van der Waals surface area contributed by atoms with Gasteiger partial charge in [-0.15, -0.1) is 0 Å². The van der Waals surface area contributed by atoms with Gasteiger partial charge in [0.15, 0.2) is 11.6 Å². The minimum Gasteiger partial charge on any atom is -0.208 e. The van der Waals surface area contributed by atoms with E-state index in [-0.39, 0.29) is 0 Å². The van der Waals surface area contributed by atoms with Crippen LogP contribution in [0, 0.1) is 6.33 Å². The number of aromatic nitrogens is 3. The van der Waals surface area contributed by atoms with Crippen molar-refractivity contribution in [2.75, 3.05) is 0 Å². The third-order valence-electron chi connectivity index (χ3n) is 4.92. The van der Waals surface area contributed by atoms with Crippen molar-refractivity contribution in [2.24, 2.45) is 0 Å². The summed E-state index contributed by atoms with van der Waals surface area (Å²) in [5.41, 5.74) is 7.37. The fraction of sp³-hybridized carbons (Fsp3) is 0.348. The highest BCUT2D eigenvalue weighted by Crippen LogP contribution is 2.26. The molecule has 0 N–H and O–H groups in total. The molecule has 0 unspecified atom stereocenters. The van der Waals surface area contributed by atoms with Crippen molar-refractivity contribution < 1.29 is 0 Å². The molecule has 3 nitrogen and oxygen atoms in total. The van der Waals surface area contributed by atoms with Gasteiger partial charge in [-0.2, -0.15) is 0 Å². The average Bonchev–Trinajstić information content (AvgIpc) is 2.72. The van der Waals surface area contributed by atoms with Crippen molar-refractivity contribution in [3.63, 3.8) is 0 Å². The van der Waals surface area contributed by atoms with E-state index >= 15 is 0 Å². The van der Waals surface area contributed by atoms with Gasteiger partial charge in [-0.1, -0.05) is 64.1 Å². The van der Waals surface area contributed by atoms with E-state index in [2.05, 4.69) is 80.4 Å². The van der Waals surface area contributed by atoms with Crippen LogP contribution in [0.15, 0.2) is 36.4 Å². The molecule has 3 aromatic rings. The van der Waals surface area contributed by atoms with Crippen LogP contribution in [0.1, 0.15) is 49.9 Å². The molecule has 0 aliphatic rings. The molecule has 0 fully saturated rings. The van der Waals surface area contributed by atoms with Crippen LogP contribution < -0.4 is 0 Å². The van der Waals surface area contributed by atoms with Gasteiger partial charge in [0, 0.05) is 11.1 Å². The third-order valence-corrected chi connectivity index (χ3v) is 4.92. The molecule has 0 saturated heterocycles. The quantitative estimate of drug-likeness (QED) is 0.612. The number of rotatable bonds is 6. The molecule has 0 amide bonds. The molecule has 0 atom stereocenters. The lowest BCUT2D eigenvalue weighted by molar-refractivity contribution is 1.02. The summed E-state index contributed by atoms with van der Waals surface area (Å²) in [5, 5.41) is 0. The Morgan fingerprint density at radius 2 is 1.12 bits per heavy atom. The van der Waals surface area contributed by atoms with Gasteiger partial charge in [0.1, 0.15) is 0 Å². The van der Waals surface area contributed by atoms with Crippen molar-refractivity contribution in [1.29, 1.82) is 0 Å². The van der Waals surface area contributed by atoms with Gasteiger partial charge in [0.2, 0.25) is 6.33 Å². The molecule has 0 aliphatic carbocycles. The van der Waals surface area contributed by atoms with E-state index < -0.39 is 0 Å². The van der Waals surface area contributed by atoms with Gasteiger partial charge in [-0.3, -0.25) is 0 Å². The highest BCUT2D eigenvalue weighted by atomic mass is 15.0. The zero-order chi connectivity index (χ0) is 18.5. The summed E-state index contributed by atoms with van der Waals surface area (Å²) in [7, 11) is 0. The Kier molecular flexibility index (Phi) is 5.77. The van der Waals surface area contributed by atoms with E-state index in [1.807, 2.05) is 0 Å². The van der Waals surface area contributed by atoms with Crippen molar-refractivity contribution in [3.05, 3.63) is 65.0 Å². The summed E-state index contributed by atoms with van der Waals surface area (Å²) in [4.78, 5) is 13.5. The summed E-state index contributed by atoms with van der Waals surface area (Å²) in [6.45, 7) is 8.69. The summed E-state index contributed by atoms with van der Waals surface area (Å²) in [6, 6.07) is 13.1. The molecule has 0 aliphatic heterocycles. The first-order valence-corrected chi connectivity index (χ1v) is 9.56. The van der Waals surface area contributed by atoms with Gasteiger partial charge < -0.3 is 0 Å². The van der Waals surface area contributed by atoms with Crippen LogP contribution in [-0.2, 0) is 25.7 Å². The van der Waals surface area contributed by atoms with Crippen LogP contribution in [-0.4, -0.2) is 15.0 Å². The average molecular weight is 344 g/mol. The lowest BCUT2D eigenvalue weighted by Gasteiger charge is -2.11. The summed E-state index contributed by atoms with van der Waals surface area (Å²) >= 11 is 0. The Balaban J connectivity index is 2.07. The number of hydrogen-bond acceptors (Lipinski definition) is 3. The van der Waals surface area contributed by atoms with Crippen molar-refractivity contribution in [1.82, 2.24) is 15.0 Å². The second-order valence-corrected chi connectivity index (χ2v) is 6.48. The molecule has 133 valence electrons. The molecule has 0 saturated carbocycles. The SMILES string of the molecule is CCc1ccc(-c2n[c]nc(-c3ccc(CC)cc3CC)n2)c(CC)c1. The van der Waals surface area contributed by atoms with Crippen LogP contribution in [0.3, 0.4) is 0 Å². The van der Waals surface area contributed by atoms with Crippen molar-refractivity contribution >= 4 is 0 Å². The maximum atomic E-state index is 4.79. The van der Waals surface area contributed by atoms with Crippen LogP contribution in [0.25, 0.3) is 22.8 Å². The standard InChI is InChI=1S/C23H26N3/c1-5-16-9-11-20(18(7-3)13-16)22-24-15-25-23(26-22)21-12-10-17(6-2)14-19(21)8-4/h9-14H,5-8H2,1-4H3. The first-order valence-electron chi connectivity index (χ1n) is 9.56. The maximum absolute atomic E-state index is 4.79. The van der Waals surface area contributed by atoms with Crippen LogP contribution in [0.5, 0.6) is 0 Å². The number of nitrogens with zero attached hydrogens (tertiary/aromatic N) is 3. The molecule has 0 bridgehead atoms. The predicted molar refractivity (Wildman–Crippen MR) is 107 cm³/mol. The largest absolute Gasteiger partial charge is 0.208 e. The smallest absolute Gasteiger partial charge is 0.202 e. The number of benzene rings is 2. The Bertz CT molecular complexity index is 829. The van der Waals surface area contributed by atoms with E-state index in [4.69, 9.17) is 4.98 Å². The van der Waals surface area contributed by atoms with Crippen molar-refractivity contribution in [2.45, 2.75) is 53.4 Å². The fourth-order valence-electron chi connectivity index (χ4n) is 3.27. The Morgan fingerprint density at radius 1 is 0.654 bits per heavy atom. The molecule has 0 spiro atoms. The molecule has 26 heavy (non-hydrogen) atoms. The highest BCUT2D eigenvalue weighted by Gasteiger charge is 2.12. The molecule has 1 radical (unpaired) electrons. The lowest BCUT2D eigenvalue weighted by atomic mass is 9.99. The van der Waals surface area contributed by atoms with Gasteiger partial charge in [0.05, 0.1) is 0 Å². The van der Waals surface area contributed by atoms with E-state index in [0.717, 1.165) is 36.8 Å². The van der Waals surface area contributed by atoms with Gasteiger partial charge in [0.25, 0.3) is 0 Å². The monoisotopic (exact) mass is 344 g/mol. The van der Waals surface area contributed by atoms with E-state index in [1.165, 1.54) is 22.3 Å². The Labute approximate surface area is 156 Å². The van der Waals surface area contributed by atoms with Crippen LogP contribution in [0.2, 0.25) is 0 Å². The predicted octanol–water partition coefficient (Wildman–Crippen LogP) is 5.26. The topological polar surface area (TPSA) is 38.7 Å². The molecule has 1 heterocycles. The molecular formula is C23H26N3. The molecule has 2 aromatic carbocycles. The zero-order valence-corrected chi connectivity index (χ0v) is 16.1. The maximum Gasteiger partial charge on any atom is 0.202 e. The van der Waals surface area contributed by atoms with E-state index in [1.54, 1.807) is 0 Å². The second-order valence-electron chi connectivity index (χ2n) is 6.48. The summed E-state index contributed by atoms with van der Waals surface area (Å²) in [5.74, 6) is 1.41. The number of hydrogen-bond donors (Lipinski definition) is 0. The van der Waals surface area contributed by atoms with E-state index in [0.29, 0.717) is 11.6 Å². The molecule has 3 heteroatoms. The first-order chi connectivity index (χ1) is 12.7. The third kappa shape index (κ3) is 3.67. The summed E-state index contributed by atoms with van der Waals surface area (Å²) < 4.78 is 0. The fourth-order valence-corrected chi connectivity index (χ4v) is 3.27. The minimum absolute atomic E-state index is 0.705. The molecule has 3 rings (SSSR count). The minimum atomic E-state index is 0.705. The first kappa shape index (κ1) is 18.2. The van der Waals surface area contributed by atoms with Gasteiger partial charge in [-0.05, 0) is 47.9 Å². The zero-order valence-electron chi connectivity index (χ0n) is 16.1. The highest BCUT2D eigenvalue weighted by molar-refractivity contribution is 5.66. The normalized spacial score (nSPS) is 10.9. The second kappa shape index (κ2) is 8.22. The van der Waals surface area contributed by atoms with Gasteiger partial charge >= 0.3 is 0 Å². The molecule has 1 aromatic heterocycles. The Hall–Kier alpha value is -2.55. The van der Waals surface area contributed by atoms with Crippen LogP contribution >= 0.6 is 0 Å². The number of aryl methyl sites for hydroxylation is 4. The lowest BCUT2D eigenvalue weighted by Crippen LogP contribution is -2.01. The molecular weight excluding hydrogens is 318 g/mol. The van der Waals surface area contributed by atoms with Crippen molar-refractivity contribution in [3.8, 4) is 22.8 Å². The van der Waals surface area contributed by atoms with Crippen LogP contribution in [0.4, 0.5) is 0 Å². The van der Waals surface area contributed by atoms with Gasteiger partial charge in [-0.25, -0.2) is 15.0 Å². The summed E-state index contributed by atoms with van der Waals surface area (Å²) in [6.07, 6.45) is 6.80.